The van der Waals surface area contributed by atoms with Gasteiger partial charge in [-0.2, -0.15) is 0 Å². The van der Waals surface area contributed by atoms with Crippen LogP contribution in [-0.2, 0) is 0 Å². The fourth-order valence-corrected chi connectivity index (χ4v) is 6.78. The Morgan fingerprint density at radius 1 is 0.632 bits per heavy atom. The summed E-state index contributed by atoms with van der Waals surface area (Å²) >= 11 is 0. The molecule has 2 aromatic rings. The topological polar surface area (TPSA) is 0 Å². The first kappa shape index (κ1) is 30.7. The van der Waals surface area contributed by atoms with Gasteiger partial charge in [0.1, 0.15) is 0 Å². The highest BCUT2D eigenvalue weighted by Crippen LogP contribution is 2.52. The van der Waals surface area contributed by atoms with Gasteiger partial charge in [0.05, 0.1) is 0 Å². The molecule has 0 spiro atoms. The van der Waals surface area contributed by atoms with Crippen LogP contribution in [0.4, 0.5) is 0 Å². The van der Waals surface area contributed by atoms with Gasteiger partial charge in [-0.15, -0.1) is 0 Å². The summed E-state index contributed by atoms with van der Waals surface area (Å²) in [4.78, 5) is 0. The third-order valence-electron chi connectivity index (χ3n) is 9.11. The standard InChI is InChI=1S/C38H58/c1-9-12-32-20-24-36-34-23-19-31(8)25-37(34)33(21-17-29(6)15-10-13-27(2)3)35(38(36)26-32)22-18-30(7)16-11-14-28(4)5/h9,12,19-20,23-30,33,35H,10-11,13-18,21-22H2,1-8H3. The first-order valence-corrected chi connectivity index (χ1v) is 16.1. The van der Waals surface area contributed by atoms with Gasteiger partial charge in [-0.05, 0) is 90.0 Å². The summed E-state index contributed by atoms with van der Waals surface area (Å²) in [5.74, 6) is 4.53. The Kier molecular flexibility index (Phi) is 12.2. The van der Waals surface area contributed by atoms with Gasteiger partial charge in [0, 0.05) is 0 Å². The molecule has 210 valence electrons. The summed E-state index contributed by atoms with van der Waals surface area (Å²) < 4.78 is 0. The smallest absolute Gasteiger partial charge is 0.00864 e. The van der Waals surface area contributed by atoms with Gasteiger partial charge >= 0.3 is 0 Å². The average molecular weight is 515 g/mol. The molecule has 0 heterocycles. The SMILES string of the molecule is CC=Cc1ccc2c(c1)C(CCC(C)CCCC(C)C)C(CCC(C)CCCC(C)C)c1cc(C)ccc1-2. The van der Waals surface area contributed by atoms with Crippen LogP contribution < -0.4 is 0 Å². The summed E-state index contributed by atoms with van der Waals surface area (Å²) in [5, 5.41) is 0. The molecular formula is C38H58. The van der Waals surface area contributed by atoms with Gasteiger partial charge < -0.3 is 0 Å². The quantitative estimate of drug-likeness (QED) is 0.222. The molecule has 1 aliphatic rings. The molecule has 0 nitrogen and oxygen atoms in total. The van der Waals surface area contributed by atoms with E-state index in [0.29, 0.717) is 11.8 Å². The fraction of sp³-hybridized carbons (Fsp3) is 0.632. The zero-order valence-electron chi connectivity index (χ0n) is 26.2. The predicted molar refractivity (Wildman–Crippen MR) is 171 cm³/mol. The Morgan fingerprint density at radius 3 is 1.63 bits per heavy atom. The molecule has 0 bridgehead atoms. The van der Waals surface area contributed by atoms with Crippen molar-refractivity contribution in [3.05, 3.63) is 64.7 Å². The Morgan fingerprint density at radius 2 is 1.13 bits per heavy atom. The minimum Gasteiger partial charge on any atom is -0.0871 e. The van der Waals surface area contributed by atoms with Crippen LogP contribution in [-0.4, -0.2) is 0 Å². The van der Waals surface area contributed by atoms with Gasteiger partial charge in [-0.1, -0.05) is 147 Å². The number of benzene rings is 2. The van der Waals surface area contributed by atoms with E-state index >= 15 is 0 Å². The van der Waals surface area contributed by atoms with Crippen molar-refractivity contribution in [3.8, 4) is 11.1 Å². The van der Waals surface area contributed by atoms with Crippen molar-refractivity contribution in [2.24, 2.45) is 23.7 Å². The maximum Gasteiger partial charge on any atom is -0.00864 e. The Bertz CT molecular complexity index is 1010. The van der Waals surface area contributed by atoms with Gasteiger partial charge in [-0.3, -0.25) is 0 Å². The first-order valence-electron chi connectivity index (χ1n) is 16.1. The number of hydrogen-bond donors (Lipinski definition) is 0. The van der Waals surface area contributed by atoms with Gasteiger partial charge in [0.15, 0.2) is 0 Å². The van der Waals surface area contributed by atoms with E-state index in [1.165, 1.54) is 86.5 Å². The molecule has 0 aliphatic heterocycles. The predicted octanol–water partition coefficient (Wildman–Crippen LogP) is 12.4. The number of aryl methyl sites for hydroxylation is 1. The Balaban J connectivity index is 1.88. The molecule has 2 aromatic carbocycles. The minimum absolute atomic E-state index is 0.625. The highest BCUT2D eigenvalue weighted by molar-refractivity contribution is 5.77. The minimum atomic E-state index is 0.625. The van der Waals surface area contributed by atoms with Crippen molar-refractivity contribution >= 4 is 6.08 Å². The van der Waals surface area contributed by atoms with Crippen LogP contribution in [0.5, 0.6) is 0 Å². The summed E-state index contributed by atoms with van der Waals surface area (Å²) in [6.45, 7) is 18.9. The third-order valence-corrected chi connectivity index (χ3v) is 9.11. The van der Waals surface area contributed by atoms with E-state index in [9.17, 15) is 0 Å². The molecule has 0 saturated carbocycles. The van der Waals surface area contributed by atoms with Gasteiger partial charge in [-0.25, -0.2) is 0 Å². The van der Waals surface area contributed by atoms with Crippen molar-refractivity contribution in [2.45, 2.75) is 131 Å². The molecule has 0 heteroatoms. The molecule has 0 N–H and O–H groups in total. The second-order valence-electron chi connectivity index (χ2n) is 13.7. The van der Waals surface area contributed by atoms with E-state index in [2.05, 4.69) is 104 Å². The van der Waals surface area contributed by atoms with Crippen LogP contribution in [0.2, 0.25) is 0 Å². The first-order chi connectivity index (χ1) is 18.2. The zero-order valence-corrected chi connectivity index (χ0v) is 26.2. The Hall–Kier alpha value is -1.82. The van der Waals surface area contributed by atoms with Crippen LogP contribution in [0, 0.1) is 30.6 Å². The highest BCUT2D eigenvalue weighted by atomic mass is 14.4. The van der Waals surface area contributed by atoms with E-state index in [1.807, 2.05) is 0 Å². The van der Waals surface area contributed by atoms with Crippen molar-refractivity contribution < 1.29 is 0 Å². The number of rotatable bonds is 15. The summed E-state index contributed by atoms with van der Waals surface area (Å²) in [6, 6.07) is 14.6. The van der Waals surface area contributed by atoms with Crippen LogP contribution >= 0.6 is 0 Å². The lowest BCUT2D eigenvalue weighted by molar-refractivity contribution is 0.357. The van der Waals surface area contributed by atoms with Crippen molar-refractivity contribution in [2.75, 3.05) is 0 Å². The molecule has 4 atom stereocenters. The van der Waals surface area contributed by atoms with E-state index in [4.69, 9.17) is 0 Å². The largest absolute Gasteiger partial charge is 0.0871 e. The molecule has 38 heavy (non-hydrogen) atoms. The molecular weight excluding hydrogens is 456 g/mol. The van der Waals surface area contributed by atoms with Gasteiger partial charge in [0.2, 0.25) is 0 Å². The van der Waals surface area contributed by atoms with Crippen molar-refractivity contribution in [1.29, 1.82) is 0 Å². The fourth-order valence-electron chi connectivity index (χ4n) is 6.78. The normalized spacial score (nSPS) is 18.7. The maximum atomic E-state index is 2.53. The molecule has 0 amide bonds. The van der Waals surface area contributed by atoms with Crippen LogP contribution in [0.15, 0.2) is 42.5 Å². The molecule has 0 fully saturated rings. The van der Waals surface area contributed by atoms with Crippen LogP contribution in [0.3, 0.4) is 0 Å². The lowest BCUT2D eigenvalue weighted by atomic mass is 9.67. The average Bonchev–Trinajstić information content (AvgIpc) is 2.86. The van der Waals surface area contributed by atoms with E-state index < -0.39 is 0 Å². The molecule has 3 rings (SSSR count). The maximum absolute atomic E-state index is 2.53. The van der Waals surface area contributed by atoms with E-state index in [0.717, 1.165) is 23.7 Å². The summed E-state index contributed by atoms with van der Waals surface area (Å²) in [5.41, 5.74) is 9.00. The van der Waals surface area contributed by atoms with Gasteiger partial charge in [0.25, 0.3) is 0 Å². The van der Waals surface area contributed by atoms with Crippen molar-refractivity contribution in [1.82, 2.24) is 0 Å². The lowest BCUT2D eigenvalue weighted by Gasteiger charge is -2.37. The third kappa shape index (κ3) is 8.86. The summed E-state index contributed by atoms with van der Waals surface area (Å²) in [7, 11) is 0. The highest BCUT2D eigenvalue weighted by Gasteiger charge is 2.34. The van der Waals surface area contributed by atoms with Crippen molar-refractivity contribution in [3.63, 3.8) is 0 Å². The van der Waals surface area contributed by atoms with E-state index in [-0.39, 0.29) is 0 Å². The Labute approximate surface area is 236 Å². The number of hydrogen-bond acceptors (Lipinski definition) is 0. The number of fused-ring (bicyclic) bond motifs is 3. The summed E-state index contributed by atoms with van der Waals surface area (Å²) in [6.07, 6.45) is 18.0. The monoisotopic (exact) mass is 514 g/mol. The van der Waals surface area contributed by atoms with Crippen LogP contribution in [0.1, 0.15) is 147 Å². The molecule has 4 unspecified atom stereocenters. The zero-order chi connectivity index (χ0) is 27.7. The van der Waals surface area contributed by atoms with E-state index in [1.54, 1.807) is 11.1 Å². The lowest BCUT2D eigenvalue weighted by Crippen LogP contribution is -2.20. The second kappa shape index (κ2) is 15.1. The molecule has 0 aromatic heterocycles. The molecule has 0 radical (unpaired) electrons. The second-order valence-corrected chi connectivity index (χ2v) is 13.7. The molecule has 0 saturated heterocycles. The van der Waals surface area contributed by atoms with Crippen LogP contribution in [0.25, 0.3) is 17.2 Å². The molecule has 1 aliphatic carbocycles. The number of allylic oxidation sites excluding steroid dienone is 1.